The molecule has 0 aliphatic carbocycles. The van der Waals surface area contributed by atoms with E-state index in [9.17, 15) is 0 Å². The molecule has 0 aliphatic heterocycles. The molecule has 0 saturated carbocycles. The Hall–Kier alpha value is -1.20. The number of aromatic nitrogens is 3. The molecule has 0 amide bonds. The van der Waals surface area contributed by atoms with Crippen LogP contribution >= 0.6 is 12.2 Å². The van der Waals surface area contributed by atoms with Crippen molar-refractivity contribution in [2.75, 3.05) is 13.2 Å². The lowest BCUT2D eigenvalue weighted by Crippen LogP contribution is -2.03. The first-order valence-corrected chi connectivity index (χ1v) is 6.26. The highest BCUT2D eigenvalue weighted by Gasteiger charge is 2.06. The van der Waals surface area contributed by atoms with Crippen LogP contribution in [0, 0.1) is 11.7 Å². The number of aromatic amines is 1. The van der Waals surface area contributed by atoms with Crippen molar-refractivity contribution < 1.29 is 4.74 Å². The Labute approximate surface area is 106 Å². The number of nitrogens with one attached hydrogen (secondary N) is 1. The highest BCUT2D eigenvalue weighted by molar-refractivity contribution is 7.71. The normalized spacial score (nSPS) is 11.2. The Kier molecular flexibility index (Phi) is 3.91. The van der Waals surface area contributed by atoms with Crippen LogP contribution in [0.2, 0.25) is 0 Å². The second-order valence-electron chi connectivity index (χ2n) is 3.96. The zero-order chi connectivity index (χ0) is 12.3. The zero-order valence-electron chi connectivity index (χ0n) is 10.2. The maximum atomic E-state index is 5.33. The van der Waals surface area contributed by atoms with Crippen LogP contribution in [0.3, 0.4) is 0 Å². The number of hydrogen-bond acceptors (Lipinski definition) is 3. The summed E-state index contributed by atoms with van der Waals surface area (Å²) in [7, 11) is 0. The van der Waals surface area contributed by atoms with Gasteiger partial charge in [0.2, 0.25) is 0 Å². The number of H-pyrrole nitrogens is 1. The van der Waals surface area contributed by atoms with Gasteiger partial charge in [0.25, 0.3) is 0 Å². The fourth-order valence-electron chi connectivity index (χ4n) is 1.85. The number of rotatable bonds is 5. The third kappa shape index (κ3) is 2.56. The number of ether oxygens (including phenoxy) is 1. The summed E-state index contributed by atoms with van der Waals surface area (Å²) < 4.78 is 8.10. The average molecular weight is 251 g/mol. The van der Waals surface area contributed by atoms with E-state index in [2.05, 4.69) is 16.9 Å². The summed E-state index contributed by atoms with van der Waals surface area (Å²) in [6.07, 6.45) is 2.77. The Morgan fingerprint density at radius 1 is 1.53 bits per heavy atom. The second-order valence-corrected chi connectivity index (χ2v) is 4.35. The minimum atomic E-state index is 0.735. The quantitative estimate of drug-likeness (QED) is 0.656. The summed E-state index contributed by atoms with van der Waals surface area (Å²) in [5, 5.41) is 0. The Morgan fingerprint density at radius 2 is 2.35 bits per heavy atom. The molecule has 5 heteroatoms. The second kappa shape index (κ2) is 5.42. The monoisotopic (exact) mass is 251 g/mol. The van der Waals surface area contributed by atoms with Crippen LogP contribution in [-0.2, 0) is 11.3 Å². The van der Waals surface area contributed by atoms with Gasteiger partial charge in [-0.15, -0.1) is 0 Å². The van der Waals surface area contributed by atoms with Crippen LogP contribution in [-0.4, -0.2) is 27.7 Å². The van der Waals surface area contributed by atoms with Crippen LogP contribution in [0.5, 0.6) is 0 Å². The minimum Gasteiger partial charge on any atom is -0.382 e. The number of aryl methyl sites for hydroxylation is 2. The van der Waals surface area contributed by atoms with Gasteiger partial charge in [-0.1, -0.05) is 0 Å². The van der Waals surface area contributed by atoms with E-state index >= 15 is 0 Å². The number of nitrogens with zero attached hydrogens (tertiary/aromatic N) is 2. The number of imidazole rings is 1. The summed E-state index contributed by atoms with van der Waals surface area (Å²) in [6.45, 7) is 6.42. The molecule has 2 aromatic rings. The van der Waals surface area contributed by atoms with Crippen LogP contribution < -0.4 is 0 Å². The van der Waals surface area contributed by atoms with E-state index in [0.29, 0.717) is 0 Å². The van der Waals surface area contributed by atoms with Crippen molar-refractivity contribution in [1.29, 1.82) is 0 Å². The molecule has 1 N–H and O–H groups in total. The van der Waals surface area contributed by atoms with Crippen molar-refractivity contribution in [2.45, 2.75) is 26.8 Å². The predicted octanol–water partition coefficient (Wildman–Crippen LogP) is 2.83. The van der Waals surface area contributed by atoms with E-state index in [1.165, 1.54) is 5.56 Å². The first kappa shape index (κ1) is 12.3. The van der Waals surface area contributed by atoms with Crippen molar-refractivity contribution in [3.8, 4) is 0 Å². The molecule has 2 aromatic heterocycles. The number of hydrogen-bond donors (Lipinski definition) is 1. The molecule has 0 spiro atoms. The first-order valence-electron chi connectivity index (χ1n) is 5.86. The van der Waals surface area contributed by atoms with E-state index in [1.54, 1.807) is 0 Å². The summed E-state index contributed by atoms with van der Waals surface area (Å²) >= 11 is 5.32. The van der Waals surface area contributed by atoms with Gasteiger partial charge in [0.15, 0.2) is 10.4 Å². The molecule has 0 aliphatic rings. The van der Waals surface area contributed by atoms with Crippen LogP contribution in [0.25, 0.3) is 11.2 Å². The van der Waals surface area contributed by atoms with Gasteiger partial charge < -0.3 is 14.3 Å². The molecule has 2 rings (SSSR count). The van der Waals surface area contributed by atoms with Crippen molar-refractivity contribution in [2.24, 2.45) is 0 Å². The Balaban J connectivity index is 2.25. The minimum absolute atomic E-state index is 0.735. The summed E-state index contributed by atoms with van der Waals surface area (Å²) in [6, 6.07) is 1.98. The molecule has 92 valence electrons. The van der Waals surface area contributed by atoms with Crippen molar-refractivity contribution in [3.05, 3.63) is 22.6 Å². The van der Waals surface area contributed by atoms with E-state index in [0.717, 1.165) is 42.1 Å². The number of pyridine rings is 1. The summed E-state index contributed by atoms with van der Waals surface area (Å²) in [5.41, 5.74) is 3.14. The van der Waals surface area contributed by atoms with Crippen molar-refractivity contribution in [3.63, 3.8) is 0 Å². The molecule has 0 atom stereocenters. The maximum absolute atomic E-state index is 5.33. The SMILES string of the molecule is CCOCCCn1c(=S)[nH]c2c(C)ccnc21. The molecule has 2 heterocycles. The third-order valence-electron chi connectivity index (χ3n) is 2.75. The predicted molar refractivity (Wildman–Crippen MR) is 70.8 cm³/mol. The molecule has 17 heavy (non-hydrogen) atoms. The van der Waals surface area contributed by atoms with Gasteiger partial charge in [-0.05, 0) is 44.1 Å². The van der Waals surface area contributed by atoms with Gasteiger partial charge in [-0.3, -0.25) is 0 Å². The average Bonchev–Trinajstić information content (AvgIpc) is 2.63. The van der Waals surface area contributed by atoms with Crippen LogP contribution in [0.1, 0.15) is 18.9 Å². The van der Waals surface area contributed by atoms with E-state index in [-0.39, 0.29) is 0 Å². The van der Waals surface area contributed by atoms with E-state index in [4.69, 9.17) is 17.0 Å². The number of fused-ring (bicyclic) bond motifs is 1. The van der Waals surface area contributed by atoms with E-state index < -0.39 is 0 Å². The van der Waals surface area contributed by atoms with Gasteiger partial charge in [0, 0.05) is 26.0 Å². The standard InChI is InChI=1S/C12H17N3OS/c1-3-16-8-4-7-15-11-10(14-12(15)17)9(2)5-6-13-11/h5-6H,3-4,7-8H2,1-2H3,(H,14,17). The van der Waals surface area contributed by atoms with Gasteiger partial charge >= 0.3 is 0 Å². The fraction of sp³-hybridized carbons (Fsp3) is 0.500. The molecule has 0 unspecified atom stereocenters. The van der Waals surface area contributed by atoms with Crippen LogP contribution in [0.15, 0.2) is 12.3 Å². The first-order chi connectivity index (χ1) is 8.24. The molecular weight excluding hydrogens is 234 g/mol. The van der Waals surface area contributed by atoms with Crippen molar-refractivity contribution in [1.82, 2.24) is 14.5 Å². The third-order valence-corrected chi connectivity index (χ3v) is 3.07. The van der Waals surface area contributed by atoms with Gasteiger partial charge in [0.1, 0.15) is 0 Å². The Morgan fingerprint density at radius 3 is 3.12 bits per heavy atom. The van der Waals surface area contributed by atoms with Gasteiger partial charge in [-0.25, -0.2) is 4.98 Å². The topological polar surface area (TPSA) is 42.8 Å². The largest absolute Gasteiger partial charge is 0.382 e. The van der Waals surface area contributed by atoms with Crippen LogP contribution in [0.4, 0.5) is 0 Å². The molecule has 0 aromatic carbocycles. The molecule has 4 nitrogen and oxygen atoms in total. The summed E-state index contributed by atoms with van der Waals surface area (Å²) in [5.74, 6) is 0. The lowest BCUT2D eigenvalue weighted by atomic mass is 10.3. The van der Waals surface area contributed by atoms with Gasteiger partial charge in [-0.2, -0.15) is 0 Å². The highest BCUT2D eigenvalue weighted by atomic mass is 32.1. The molecular formula is C12H17N3OS. The zero-order valence-corrected chi connectivity index (χ0v) is 11.0. The molecule has 0 saturated heterocycles. The molecule has 0 bridgehead atoms. The fourth-order valence-corrected chi connectivity index (χ4v) is 2.13. The highest BCUT2D eigenvalue weighted by Crippen LogP contribution is 2.15. The van der Waals surface area contributed by atoms with Gasteiger partial charge in [0.05, 0.1) is 5.52 Å². The smallest absolute Gasteiger partial charge is 0.179 e. The van der Waals surface area contributed by atoms with Crippen molar-refractivity contribution >= 4 is 23.4 Å². The van der Waals surface area contributed by atoms with E-state index in [1.807, 2.05) is 23.8 Å². The maximum Gasteiger partial charge on any atom is 0.179 e. The molecule has 0 radical (unpaired) electrons. The lowest BCUT2D eigenvalue weighted by Gasteiger charge is -2.04. The molecule has 0 fully saturated rings. The Bertz CT molecular complexity index is 558. The summed E-state index contributed by atoms with van der Waals surface area (Å²) in [4.78, 5) is 7.60. The lowest BCUT2D eigenvalue weighted by molar-refractivity contribution is 0.142.